The van der Waals surface area contributed by atoms with E-state index in [1.807, 2.05) is 79.7 Å². The van der Waals surface area contributed by atoms with Crippen LogP contribution in [0.4, 0.5) is 0 Å². The van der Waals surface area contributed by atoms with Gasteiger partial charge in [-0.25, -0.2) is 0 Å². The van der Waals surface area contributed by atoms with Crippen LogP contribution in [0.2, 0.25) is 0 Å². The average Bonchev–Trinajstić information content (AvgIpc) is 3.18. The first-order valence-corrected chi connectivity index (χ1v) is 13.3. The lowest BCUT2D eigenvalue weighted by Gasteiger charge is -2.27. The normalized spacial score (nSPS) is 15.4. The number of ketones is 1. The molecule has 1 aliphatic rings. The van der Waals surface area contributed by atoms with Crippen LogP contribution in [-0.2, 0) is 16.1 Å². The minimum Gasteiger partial charge on any atom is -0.503 e. The smallest absolute Gasteiger partial charge is 0.290 e. The van der Waals surface area contributed by atoms with Crippen molar-refractivity contribution >= 4 is 17.8 Å². The Morgan fingerprint density at radius 1 is 0.974 bits per heavy atom. The summed E-state index contributed by atoms with van der Waals surface area (Å²) in [4.78, 5) is 28.4. The maximum absolute atomic E-state index is 13.5. The molecule has 1 amide bonds. The third-order valence-electron chi connectivity index (χ3n) is 6.53. The van der Waals surface area contributed by atoms with Gasteiger partial charge in [-0.3, -0.25) is 9.59 Å². The van der Waals surface area contributed by atoms with Crippen molar-refractivity contribution in [2.24, 2.45) is 5.92 Å². The van der Waals surface area contributed by atoms with Crippen molar-refractivity contribution in [1.29, 1.82) is 0 Å². The molecule has 1 atom stereocenters. The fraction of sp³-hybridized carbons (Fsp3) is 0.273. The van der Waals surface area contributed by atoms with Gasteiger partial charge in [0.2, 0.25) is 0 Å². The van der Waals surface area contributed by atoms with Crippen molar-refractivity contribution in [1.82, 2.24) is 4.90 Å². The first-order chi connectivity index (χ1) is 18.9. The number of allylic oxidation sites excluding steroid dienone is 1. The van der Waals surface area contributed by atoms with Gasteiger partial charge in [0, 0.05) is 6.54 Å². The van der Waals surface area contributed by atoms with E-state index in [2.05, 4.69) is 13.8 Å². The van der Waals surface area contributed by atoms with Gasteiger partial charge in [0.05, 0.1) is 24.8 Å². The number of nitrogens with zero attached hydrogens (tertiary/aromatic N) is 1. The van der Waals surface area contributed by atoms with E-state index < -0.39 is 23.5 Å². The molecular formula is C33H35NO5. The molecule has 4 rings (SSSR count). The summed E-state index contributed by atoms with van der Waals surface area (Å²) >= 11 is 0. The van der Waals surface area contributed by atoms with Crippen LogP contribution in [0.1, 0.15) is 49.9 Å². The molecule has 6 heteroatoms. The van der Waals surface area contributed by atoms with Gasteiger partial charge in [-0.1, -0.05) is 86.7 Å². The molecule has 1 heterocycles. The molecule has 6 nitrogen and oxygen atoms in total. The molecule has 3 aromatic carbocycles. The van der Waals surface area contributed by atoms with E-state index in [0.29, 0.717) is 36.2 Å². The van der Waals surface area contributed by atoms with Crippen molar-refractivity contribution < 1.29 is 24.2 Å². The molecule has 39 heavy (non-hydrogen) atoms. The van der Waals surface area contributed by atoms with Gasteiger partial charge in [0.25, 0.3) is 5.91 Å². The van der Waals surface area contributed by atoms with Crippen LogP contribution < -0.4 is 9.47 Å². The first-order valence-electron chi connectivity index (χ1n) is 13.3. The Labute approximate surface area is 230 Å². The fourth-order valence-electron chi connectivity index (χ4n) is 4.51. The summed E-state index contributed by atoms with van der Waals surface area (Å²) in [5.74, 6) is 0.0838. The number of carbonyl (C=O) groups is 2. The van der Waals surface area contributed by atoms with Crippen molar-refractivity contribution in [3.8, 4) is 11.5 Å². The molecule has 0 saturated heterocycles. The number of hydrogen-bond donors (Lipinski definition) is 1. The molecule has 0 fully saturated rings. The van der Waals surface area contributed by atoms with Crippen LogP contribution in [-0.4, -0.2) is 34.9 Å². The summed E-state index contributed by atoms with van der Waals surface area (Å²) in [6.45, 7) is 7.36. The predicted molar refractivity (Wildman–Crippen MR) is 152 cm³/mol. The molecule has 3 aromatic rings. The van der Waals surface area contributed by atoms with E-state index in [0.717, 1.165) is 17.5 Å². The highest BCUT2D eigenvalue weighted by atomic mass is 16.5. The van der Waals surface area contributed by atoms with Gasteiger partial charge in [-0.2, -0.15) is 0 Å². The van der Waals surface area contributed by atoms with E-state index in [-0.39, 0.29) is 12.1 Å². The molecule has 1 N–H and O–H groups in total. The quantitative estimate of drug-likeness (QED) is 0.267. The van der Waals surface area contributed by atoms with Crippen LogP contribution in [0, 0.1) is 5.92 Å². The number of aliphatic hydroxyl groups excluding tert-OH is 1. The van der Waals surface area contributed by atoms with Crippen molar-refractivity contribution in [3.63, 3.8) is 0 Å². The van der Waals surface area contributed by atoms with Gasteiger partial charge in [0.1, 0.15) is 0 Å². The number of benzene rings is 3. The SMILES string of the molecule is CCOc1cc(C2C(C(=O)C=Cc3ccccc3)=C(O)C(=O)N2Cc2ccccc2)ccc1OCCC(C)C. The maximum atomic E-state index is 13.5. The number of aliphatic hydroxyl groups is 1. The molecule has 1 aliphatic heterocycles. The van der Waals surface area contributed by atoms with Crippen LogP contribution in [0.3, 0.4) is 0 Å². The average molecular weight is 526 g/mol. The summed E-state index contributed by atoms with van der Waals surface area (Å²) in [6, 6.07) is 23.6. The number of hydrogen-bond acceptors (Lipinski definition) is 5. The van der Waals surface area contributed by atoms with Crippen molar-refractivity contribution in [2.45, 2.75) is 39.8 Å². The van der Waals surface area contributed by atoms with Gasteiger partial charge >= 0.3 is 0 Å². The third-order valence-corrected chi connectivity index (χ3v) is 6.53. The first kappa shape index (κ1) is 27.7. The second kappa shape index (κ2) is 13.0. The number of ether oxygens (including phenoxy) is 2. The molecule has 0 radical (unpaired) electrons. The van der Waals surface area contributed by atoms with E-state index in [1.165, 1.54) is 11.0 Å². The molecule has 202 valence electrons. The van der Waals surface area contributed by atoms with Crippen LogP contribution in [0.25, 0.3) is 6.08 Å². The standard InChI is InChI=1S/C33H35NO5/c1-4-38-29-21-26(16-18-28(29)39-20-19-23(2)3)31-30(27(35)17-15-24-11-7-5-8-12-24)32(36)33(37)34(31)22-25-13-9-6-10-14-25/h5-18,21,23,31,36H,4,19-20,22H2,1-3H3. The zero-order valence-corrected chi connectivity index (χ0v) is 22.7. The number of rotatable bonds is 12. The van der Waals surface area contributed by atoms with Gasteiger partial charge in [-0.15, -0.1) is 0 Å². The Balaban J connectivity index is 1.73. The number of amides is 1. The Morgan fingerprint density at radius 3 is 2.33 bits per heavy atom. The highest BCUT2D eigenvalue weighted by Crippen LogP contribution is 2.42. The van der Waals surface area contributed by atoms with Crippen LogP contribution >= 0.6 is 0 Å². The summed E-state index contributed by atoms with van der Waals surface area (Å²) in [7, 11) is 0. The summed E-state index contributed by atoms with van der Waals surface area (Å²) in [5, 5.41) is 11.0. The van der Waals surface area contributed by atoms with Gasteiger partial charge in [0.15, 0.2) is 23.0 Å². The second-order valence-electron chi connectivity index (χ2n) is 9.86. The molecule has 0 bridgehead atoms. The van der Waals surface area contributed by atoms with Crippen LogP contribution in [0.5, 0.6) is 11.5 Å². The van der Waals surface area contributed by atoms with Crippen molar-refractivity contribution in [3.05, 3.63) is 113 Å². The molecule has 0 aromatic heterocycles. The Bertz CT molecular complexity index is 1350. The molecule has 0 aliphatic carbocycles. The zero-order valence-electron chi connectivity index (χ0n) is 22.7. The Morgan fingerprint density at radius 2 is 1.67 bits per heavy atom. The largest absolute Gasteiger partial charge is 0.503 e. The van der Waals surface area contributed by atoms with E-state index in [4.69, 9.17) is 9.47 Å². The molecule has 0 saturated carbocycles. The minimum atomic E-state index is -0.797. The van der Waals surface area contributed by atoms with Crippen molar-refractivity contribution in [2.75, 3.05) is 13.2 Å². The minimum absolute atomic E-state index is 0.0408. The molecular weight excluding hydrogens is 490 g/mol. The van der Waals surface area contributed by atoms with E-state index in [1.54, 1.807) is 12.1 Å². The lowest BCUT2D eigenvalue weighted by atomic mass is 9.95. The zero-order chi connectivity index (χ0) is 27.8. The molecule has 0 spiro atoms. The van der Waals surface area contributed by atoms with E-state index in [9.17, 15) is 14.7 Å². The maximum Gasteiger partial charge on any atom is 0.290 e. The lowest BCUT2D eigenvalue weighted by Crippen LogP contribution is -2.30. The second-order valence-corrected chi connectivity index (χ2v) is 9.86. The monoisotopic (exact) mass is 525 g/mol. The summed E-state index contributed by atoms with van der Waals surface area (Å²) in [5.41, 5.74) is 2.42. The van der Waals surface area contributed by atoms with Gasteiger partial charge in [-0.05, 0) is 54.2 Å². The highest BCUT2D eigenvalue weighted by Gasteiger charge is 2.43. The highest BCUT2D eigenvalue weighted by molar-refractivity contribution is 6.14. The topological polar surface area (TPSA) is 76.1 Å². The lowest BCUT2D eigenvalue weighted by molar-refractivity contribution is -0.130. The summed E-state index contributed by atoms with van der Waals surface area (Å²) < 4.78 is 11.9. The third kappa shape index (κ3) is 6.77. The Kier molecular flexibility index (Phi) is 9.21. The van der Waals surface area contributed by atoms with E-state index >= 15 is 0 Å². The molecule has 1 unspecified atom stereocenters. The summed E-state index contributed by atoms with van der Waals surface area (Å²) in [6.07, 6.45) is 3.99. The predicted octanol–water partition coefficient (Wildman–Crippen LogP) is 6.69. The number of carbonyl (C=O) groups excluding carboxylic acids is 2. The Hall–Kier alpha value is -4.32. The van der Waals surface area contributed by atoms with Gasteiger partial charge < -0.3 is 19.5 Å². The van der Waals surface area contributed by atoms with Crippen LogP contribution in [0.15, 0.2) is 96.3 Å². The fourth-order valence-corrected chi connectivity index (χ4v) is 4.51.